The largest absolute Gasteiger partial charge is 0.493 e. The van der Waals surface area contributed by atoms with Crippen LogP contribution in [-0.2, 0) is 4.79 Å². The first-order valence-corrected chi connectivity index (χ1v) is 8.54. The summed E-state index contributed by atoms with van der Waals surface area (Å²) in [5, 5.41) is 0. The summed E-state index contributed by atoms with van der Waals surface area (Å²) in [6.45, 7) is 1.98. The maximum Gasteiger partial charge on any atom is 0.387 e. The number of likely N-dealkylation sites (tertiary alicyclic amines) is 1. The lowest BCUT2D eigenvalue weighted by Crippen LogP contribution is -2.45. The molecule has 25 heavy (non-hydrogen) atoms. The molecule has 1 saturated heterocycles. The van der Waals surface area contributed by atoms with Crippen LogP contribution in [0.2, 0.25) is 0 Å². The van der Waals surface area contributed by atoms with E-state index in [0.29, 0.717) is 11.5 Å². The van der Waals surface area contributed by atoms with Gasteiger partial charge in [-0.2, -0.15) is 8.78 Å². The minimum absolute atomic E-state index is 0.0666. The van der Waals surface area contributed by atoms with Crippen LogP contribution in [0.3, 0.4) is 0 Å². The summed E-state index contributed by atoms with van der Waals surface area (Å²) in [5.41, 5.74) is 0.381. The molecule has 1 unspecified atom stereocenters. The molecule has 1 atom stereocenters. The highest BCUT2D eigenvalue weighted by Crippen LogP contribution is 2.33. The lowest BCUT2D eigenvalue weighted by molar-refractivity contribution is -0.130. The fourth-order valence-corrected chi connectivity index (χ4v) is 3.22. The Bertz CT molecular complexity index is 617. The van der Waals surface area contributed by atoms with Crippen molar-refractivity contribution in [3.63, 3.8) is 0 Å². The number of ether oxygens (including phenoxy) is 2. The topological polar surface area (TPSA) is 38.8 Å². The van der Waals surface area contributed by atoms with Crippen molar-refractivity contribution >= 4 is 12.0 Å². The molecule has 0 spiro atoms. The molecule has 1 aliphatic rings. The van der Waals surface area contributed by atoms with Gasteiger partial charge in [-0.3, -0.25) is 4.79 Å². The van der Waals surface area contributed by atoms with Crippen LogP contribution >= 0.6 is 0 Å². The van der Waals surface area contributed by atoms with Crippen LogP contribution in [0.25, 0.3) is 6.08 Å². The number of amides is 1. The van der Waals surface area contributed by atoms with Crippen molar-refractivity contribution in [1.82, 2.24) is 4.90 Å². The second-order valence-corrected chi connectivity index (χ2v) is 6.43. The van der Waals surface area contributed by atoms with Crippen LogP contribution in [-0.4, -0.2) is 37.1 Å². The molecule has 1 aromatic rings. The molecular formula is C19H25F2NO3. The van der Waals surface area contributed by atoms with Gasteiger partial charge in [-0.05, 0) is 37.3 Å². The van der Waals surface area contributed by atoms with Crippen LogP contribution in [0.5, 0.6) is 11.5 Å². The number of hydrogen-bond acceptors (Lipinski definition) is 3. The molecule has 1 heterocycles. The summed E-state index contributed by atoms with van der Waals surface area (Å²) in [7, 11) is 1.38. The van der Waals surface area contributed by atoms with E-state index in [9.17, 15) is 13.6 Å². The van der Waals surface area contributed by atoms with Crippen LogP contribution in [0, 0.1) is 5.92 Å². The number of methoxy groups -OCH3 is 1. The van der Waals surface area contributed by atoms with Crippen molar-refractivity contribution in [3.05, 3.63) is 29.8 Å². The minimum Gasteiger partial charge on any atom is -0.493 e. The van der Waals surface area contributed by atoms with Gasteiger partial charge in [0.15, 0.2) is 11.5 Å². The number of benzene rings is 1. The van der Waals surface area contributed by atoms with Crippen LogP contribution in [0.1, 0.15) is 38.7 Å². The van der Waals surface area contributed by atoms with Gasteiger partial charge in [0.2, 0.25) is 5.91 Å². The quantitative estimate of drug-likeness (QED) is 0.714. The van der Waals surface area contributed by atoms with Gasteiger partial charge in [-0.25, -0.2) is 0 Å². The number of carbonyl (C=O) groups is 1. The molecule has 0 bridgehead atoms. The van der Waals surface area contributed by atoms with E-state index in [1.165, 1.54) is 25.3 Å². The number of piperidine rings is 1. The number of carbonyl (C=O) groups excluding carboxylic acids is 1. The van der Waals surface area contributed by atoms with E-state index >= 15 is 0 Å². The monoisotopic (exact) mass is 353 g/mol. The van der Waals surface area contributed by atoms with Gasteiger partial charge in [-0.15, -0.1) is 0 Å². The second-order valence-electron chi connectivity index (χ2n) is 6.43. The number of hydrogen-bond donors (Lipinski definition) is 0. The number of nitrogens with zero attached hydrogens (tertiary/aromatic N) is 1. The maximum atomic E-state index is 12.7. The molecule has 1 aliphatic heterocycles. The summed E-state index contributed by atoms with van der Waals surface area (Å²) >= 11 is 0. The van der Waals surface area contributed by atoms with Crippen molar-refractivity contribution < 1.29 is 23.0 Å². The molecule has 0 radical (unpaired) electrons. The number of alkyl halides is 2. The molecule has 4 nitrogen and oxygen atoms in total. The normalized spacial score (nSPS) is 18.2. The Labute approximate surface area is 147 Å². The van der Waals surface area contributed by atoms with Crippen LogP contribution in [0.4, 0.5) is 8.78 Å². The van der Waals surface area contributed by atoms with Crippen molar-refractivity contribution in [2.45, 2.75) is 45.8 Å². The Hall–Kier alpha value is -2.11. The molecule has 0 aromatic heterocycles. The van der Waals surface area contributed by atoms with Crippen molar-refractivity contribution in [2.24, 2.45) is 5.92 Å². The molecule has 0 saturated carbocycles. The Morgan fingerprint density at radius 3 is 2.72 bits per heavy atom. The molecule has 0 aliphatic carbocycles. The fourth-order valence-electron chi connectivity index (χ4n) is 3.22. The zero-order valence-electron chi connectivity index (χ0n) is 14.9. The van der Waals surface area contributed by atoms with Crippen LogP contribution in [0.15, 0.2) is 24.3 Å². The Balaban J connectivity index is 2.21. The van der Waals surface area contributed by atoms with Crippen molar-refractivity contribution in [2.75, 3.05) is 13.7 Å². The van der Waals surface area contributed by atoms with E-state index < -0.39 is 6.61 Å². The summed E-state index contributed by atoms with van der Waals surface area (Å²) in [4.78, 5) is 14.5. The van der Waals surface area contributed by atoms with E-state index in [0.717, 1.165) is 25.8 Å². The second kappa shape index (κ2) is 8.83. The first-order chi connectivity index (χ1) is 11.9. The number of rotatable bonds is 6. The van der Waals surface area contributed by atoms with Crippen molar-refractivity contribution in [1.29, 1.82) is 0 Å². The van der Waals surface area contributed by atoms with E-state index in [1.807, 2.05) is 4.90 Å². The zero-order valence-corrected chi connectivity index (χ0v) is 14.9. The minimum atomic E-state index is -2.97. The zero-order chi connectivity index (χ0) is 18.4. The predicted octanol–water partition coefficient (Wildman–Crippen LogP) is 4.35. The summed E-state index contributed by atoms with van der Waals surface area (Å²) in [6.07, 6.45) is 6.04. The van der Waals surface area contributed by atoms with Gasteiger partial charge < -0.3 is 14.4 Å². The molecule has 1 aromatic carbocycles. The SMILES string of the molecule is COc1cccc(/C=C/C(=O)N2CCCCC2C(C)C)c1OC(F)F. The van der Waals surface area contributed by atoms with Crippen LogP contribution < -0.4 is 9.47 Å². The fraction of sp³-hybridized carbons (Fsp3) is 0.526. The Morgan fingerprint density at radius 2 is 2.08 bits per heavy atom. The number of para-hydroxylation sites is 1. The predicted molar refractivity (Wildman–Crippen MR) is 92.9 cm³/mol. The molecule has 1 amide bonds. The lowest BCUT2D eigenvalue weighted by atomic mass is 9.92. The van der Waals surface area contributed by atoms with Gasteiger partial charge in [0, 0.05) is 24.2 Å². The third-order valence-electron chi connectivity index (χ3n) is 4.44. The molecule has 6 heteroatoms. The average molecular weight is 353 g/mol. The average Bonchev–Trinajstić information content (AvgIpc) is 2.59. The maximum absolute atomic E-state index is 12.7. The smallest absolute Gasteiger partial charge is 0.387 e. The van der Waals surface area contributed by atoms with E-state index in [-0.39, 0.29) is 23.4 Å². The molecule has 138 valence electrons. The summed E-state index contributed by atoms with van der Waals surface area (Å²) < 4.78 is 35.0. The van der Waals surface area contributed by atoms with Gasteiger partial charge in [0.25, 0.3) is 0 Å². The highest BCUT2D eigenvalue weighted by molar-refractivity contribution is 5.92. The molecular weight excluding hydrogens is 328 g/mol. The first-order valence-electron chi connectivity index (χ1n) is 8.54. The lowest BCUT2D eigenvalue weighted by Gasteiger charge is -2.37. The van der Waals surface area contributed by atoms with Gasteiger partial charge >= 0.3 is 6.61 Å². The van der Waals surface area contributed by atoms with Crippen molar-refractivity contribution in [3.8, 4) is 11.5 Å². The van der Waals surface area contributed by atoms with E-state index in [1.54, 1.807) is 12.1 Å². The highest BCUT2D eigenvalue weighted by Gasteiger charge is 2.27. The standard InChI is InChI=1S/C19H25F2NO3/c1-13(2)15-8-4-5-12-22(15)17(23)11-10-14-7-6-9-16(24-3)18(14)25-19(20)21/h6-7,9-11,13,15,19H,4-5,8,12H2,1-3H3/b11-10+. The highest BCUT2D eigenvalue weighted by atomic mass is 19.3. The molecule has 1 fully saturated rings. The van der Waals surface area contributed by atoms with Gasteiger partial charge in [0.05, 0.1) is 7.11 Å². The van der Waals surface area contributed by atoms with E-state index in [4.69, 9.17) is 4.74 Å². The third-order valence-corrected chi connectivity index (χ3v) is 4.44. The Kier molecular flexibility index (Phi) is 6.79. The molecule has 2 rings (SSSR count). The molecule has 0 N–H and O–H groups in total. The first kappa shape index (κ1) is 19.2. The van der Waals surface area contributed by atoms with E-state index in [2.05, 4.69) is 18.6 Å². The summed E-state index contributed by atoms with van der Waals surface area (Å²) in [6, 6.07) is 5.03. The number of halogens is 2. The van der Waals surface area contributed by atoms with Gasteiger partial charge in [0.1, 0.15) is 0 Å². The Morgan fingerprint density at radius 1 is 1.32 bits per heavy atom. The van der Waals surface area contributed by atoms with Gasteiger partial charge in [-0.1, -0.05) is 26.0 Å². The third kappa shape index (κ3) is 4.94. The summed E-state index contributed by atoms with van der Waals surface area (Å²) in [5.74, 6) is 0.410.